The molecule has 0 aliphatic heterocycles. The van der Waals surface area contributed by atoms with Crippen molar-refractivity contribution >= 4 is 15.9 Å². The Morgan fingerprint density at radius 2 is 2.00 bits per heavy atom. The zero-order valence-corrected chi connectivity index (χ0v) is 8.72. The quantitative estimate of drug-likeness (QED) is 0.770. The third kappa shape index (κ3) is 2.97. The first-order valence-electron chi connectivity index (χ1n) is 4.06. The van der Waals surface area contributed by atoms with Crippen LogP contribution < -0.4 is 10.5 Å². The minimum Gasteiger partial charge on any atom is -0.369 e. The van der Waals surface area contributed by atoms with E-state index in [0.717, 1.165) is 6.07 Å². The molecule has 0 atom stereocenters. The minimum absolute atomic E-state index is 0.513. The van der Waals surface area contributed by atoms with E-state index in [4.69, 9.17) is 5.73 Å². The van der Waals surface area contributed by atoms with Crippen LogP contribution in [0.3, 0.4) is 0 Å². The van der Waals surface area contributed by atoms with Crippen molar-refractivity contribution in [3.63, 3.8) is 0 Å². The molecule has 16 heavy (non-hydrogen) atoms. The molecule has 1 amide bonds. The number of nitrogens with two attached hydrogens (primary N) is 1. The van der Waals surface area contributed by atoms with Crippen LogP contribution in [0.5, 0.6) is 0 Å². The molecular weight excluding hydrogens is 242 g/mol. The maximum atomic E-state index is 13.1. The van der Waals surface area contributed by atoms with Gasteiger partial charge in [-0.15, -0.1) is 0 Å². The van der Waals surface area contributed by atoms with Crippen LogP contribution in [0.15, 0.2) is 23.1 Å². The fourth-order valence-corrected chi connectivity index (χ4v) is 2.01. The van der Waals surface area contributed by atoms with Gasteiger partial charge >= 0.3 is 0 Å². The average molecular weight is 250 g/mol. The number of hydrogen-bond acceptors (Lipinski definition) is 3. The Bertz CT molecular complexity index is 516. The lowest BCUT2D eigenvalue weighted by molar-refractivity contribution is -0.116. The normalized spacial score (nSPS) is 11.4. The van der Waals surface area contributed by atoms with Crippen molar-refractivity contribution in [1.29, 1.82) is 0 Å². The van der Waals surface area contributed by atoms with Crippen molar-refractivity contribution in [2.75, 3.05) is 6.54 Å². The highest BCUT2D eigenvalue weighted by atomic mass is 32.2. The highest BCUT2D eigenvalue weighted by Crippen LogP contribution is 2.15. The lowest BCUT2D eigenvalue weighted by Gasteiger charge is -2.05. The second kappa shape index (κ2) is 4.54. The van der Waals surface area contributed by atoms with Crippen molar-refractivity contribution < 1.29 is 22.0 Å². The smallest absolute Gasteiger partial charge is 0.244 e. The Kier molecular flexibility index (Phi) is 3.55. The summed E-state index contributed by atoms with van der Waals surface area (Å²) in [6.07, 6.45) is 0. The third-order valence-electron chi connectivity index (χ3n) is 1.62. The van der Waals surface area contributed by atoms with Gasteiger partial charge in [0.2, 0.25) is 15.9 Å². The number of sulfonamides is 1. The van der Waals surface area contributed by atoms with E-state index in [1.807, 2.05) is 0 Å². The number of benzene rings is 1. The van der Waals surface area contributed by atoms with Crippen LogP contribution in [-0.4, -0.2) is 20.9 Å². The Morgan fingerprint density at radius 1 is 1.38 bits per heavy atom. The molecule has 1 aromatic rings. The third-order valence-corrected chi connectivity index (χ3v) is 3.04. The number of carbonyl (C=O) groups is 1. The van der Waals surface area contributed by atoms with E-state index < -0.39 is 39.0 Å². The fourth-order valence-electron chi connectivity index (χ4n) is 0.927. The SMILES string of the molecule is NC(=O)CNS(=O)(=O)c1cc(F)ccc1F. The van der Waals surface area contributed by atoms with E-state index in [9.17, 15) is 22.0 Å². The molecule has 0 spiro atoms. The molecule has 1 aromatic carbocycles. The summed E-state index contributed by atoms with van der Waals surface area (Å²) in [4.78, 5) is 9.49. The minimum atomic E-state index is -4.27. The first-order valence-corrected chi connectivity index (χ1v) is 5.54. The van der Waals surface area contributed by atoms with E-state index in [1.165, 1.54) is 0 Å². The molecule has 0 radical (unpaired) electrons. The van der Waals surface area contributed by atoms with Gasteiger partial charge in [-0.25, -0.2) is 21.9 Å². The highest BCUT2D eigenvalue weighted by molar-refractivity contribution is 7.89. The van der Waals surface area contributed by atoms with Gasteiger partial charge in [0.05, 0.1) is 6.54 Å². The van der Waals surface area contributed by atoms with Gasteiger partial charge in [-0.1, -0.05) is 0 Å². The summed E-state index contributed by atoms with van der Waals surface area (Å²) in [5, 5.41) is 0. The number of hydrogen-bond donors (Lipinski definition) is 2. The topological polar surface area (TPSA) is 89.3 Å². The molecule has 3 N–H and O–H groups in total. The van der Waals surface area contributed by atoms with E-state index in [0.29, 0.717) is 12.1 Å². The molecule has 0 heterocycles. The number of amides is 1. The van der Waals surface area contributed by atoms with Gasteiger partial charge in [0, 0.05) is 0 Å². The average Bonchev–Trinajstić information content (AvgIpc) is 2.19. The highest BCUT2D eigenvalue weighted by Gasteiger charge is 2.19. The predicted molar refractivity (Wildman–Crippen MR) is 50.7 cm³/mol. The maximum absolute atomic E-state index is 13.1. The van der Waals surface area contributed by atoms with Gasteiger partial charge in [0.25, 0.3) is 0 Å². The number of primary amides is 1. The molecule has 0 aliphatic carbocycles. The monoisotopic (exact) mass is 250 g/mol. The van der Waals surface area contributed by atoms with Gasteiger partial charge in [0.15, 0.2) is 0 Å². The molecule has 0 saturated heterocycles. The summed E-state index contributed by atoms with van der Waals surface area (Å²) in [6.45, 7) is -0.682. The molecule has 0 saturated carbocycles. The predicted octanol–water partition coefficient (Wildman–Crippen LogP) is -0.272. The van der Waals surface area contributed by atoms with Crippen LogP contribution in [0.2, 0.25) is 0 Å². The molecule has 8 heteroatoms. The van der Waals surface area contributed by atoms with Crippen molar-refractivity contribution in [3.05, 3.63) is 29.8 Å². The second-order valence-electron chi connectivity index (χ2n) is 2.87. The maximum Gasteiger partial charge on any atom is 0.244 e. The number of halogens is 2. The largest absolute Gasteiger partial charge is 0.369 e. The van der Waals surface area contributed by atoms with Crippen molar-refractivity contribution in [1.82, 2.24) is 4.72 Å². The molecule has 1 rings (SSSR count). The molecule has 5 nitrogen and oxygen atoms in total. The molecule has 0 aromatic heterocycles. The standard InChI is InChI=1S/C8H8F2N2O3S/c9-5-1-2-6(10)7(3-5)16(14,15)12-4-8(11)13/h1-3,12H,4H2,(H2,11,13). The molecule has 0 fully saturated rings. The summed E-state index contributed by atoms with van der Waals surface area (Å²) in [5.41, 5.74) is 4.71. The van der Waals surface area contributed by atoms with Crippen LogP contribution in [0.4, 0.5) is 8.78 Å². The first kappa shape index (κ1) is 12.5. The van der Waals surface area contributed by atoms with E-state index in [1.54, 1.807) is 4.72 Å². The van der Waals surface area contributed by atoms with Crippen molar-refractivity contribution in [2.45, 2.75) is 4.90 Å². The molecule has 0 unspecified atom stereocenters. The first-order chi connectivity index (χ1) is 7.33. The number of nitrogens with one attached hydrogen (secondary N) is 1. The van der Waals surface area contributed by atoms with Gasteiger partial charge in [-0.2, -0.15) is 0 Å². The van der Waals surface area contributed by atoms with Gasteiger partial charge in [-0.05, 0) is 18.2 Å². The molecule has 0 aliphatic rings. The fraction of sp³-hybridized carbons (Fsp3) is 0.125. The van der Waals surface area contributed by atoms with Crippen LogP contribution in [0, 0.1) is 11.6 Å². The Morgan fingerprint density at radius 3 is 2.56 bits per heavy atom. The Labute approximate surface area is 90.3 Å². The zero-order chi connectivity index (χ0) is 12.3. The van der Waals surface area contributed by atoms with Gasteiger partial charge in [0.1, 0.15) is 16.5 Å². The summed E-state index contributed by atoms with van der Waals surface area (Å²) in [7, 11) is -4.27. The Balaban J connectivity index is 3.07. The lowest BCUT2D eigenvalue weighted by Crippen LogP contribution is -2.33. The van der Waals surface area contributed by atoms with Gasteiger partial charge < -0.3 is 5.73 Å². The molecule has 88 valence electrons. The summed E-state index contributed by atoms with van der Waals surface area (Å²) in [5.74, 6) is -2.94. The molecular formula is C8H8F2N2O3S. The summed E-state index contributed by atoms with van der Waals surface area (Å²) in [6, 6.07) is 1.97. The Hall–Kier alpha value is -1.54. The summed E-state index contributed by atoms with van der Waals surface area (Å²) >= 11 is 0. The van der Waals surface area contributed by atoms with E-state index in [-0.39, 0.29) is 0 Å². The van der Waals surface area contributed by atoms with Crippen molar-refractivity contribution in [3.8, 4) is 0 Å². The second-order valence-corrected chi connectivity index (χ2v) is 4.60. The van der Waals surface area contributed by atoms with E-state index in [2.05, 4.69) is 0 Å². The lowest BCUT2D eigenvalue weighted by atomic mass is 10.3. The van der Waals surface area contributed by atoms with Crippen LogP contribution in [-0.2, 0) is 14.8 Å². The van der Waals surface area contributed by atoms with Crippen LogP contribution in [0.1, 0.15) is 0 Å². The van der Waals surface area contributed by atoms with Crippen LogP contribution >= 0.6 is 0 Å². The number of rotatable bonds is 4. The summed E-state index contributed by atoms with van der Waals surface area (Å²) < 4.78 is 50.3. The van der Waals surface area contributed by atoms with Gasteiger partial charge in [-0.3, -0.25) is 4.79 Å². The van der Waals surface area contributed by atoms with E-state index >= 15 is 0 Å². The van der Waals surface area contributed by atoms with Crippen molar-refractivity contribution in [2.24, 2.45) is 5.73 Å². The molecule has 0 bridgehead atoms. The number of carbonyl (C=O) groups excluding carboxylic acids is 1. The zero-order valence-electron chi connectivity index (χ0n) is 7.91. The van der Waals surface area contributed by atoms with Crippen LogP contribution in [0.25, 0.3) is 0 Å².